The monoisotopic (exact) mass is 167 g/mol. The molecule has 1 heterocycles. The van der Waals surface area contributed by atoms with Crippen LogP contribution in [-0.4, -0.2) is 12.5 Å². The Hall–Kier alpha value is -0.530. The van der Waals surface area contributed by atoms with Gasteiger partial charge in [0.25, 0.3) is 0 Å². The molecule has 12 heavy (non-hydrogen) atoms. The van der Waals surface area contributed by atoms with Crippen molar-refractivity contribution in [3.63, 3.8) is 0 Å². The minimum atomic E-state index is 0.273. The Labute approximate surface area is 73.7 Å². The second-order valence-corrected chi connectivity index (χ2v) is 4.34. The van der Waals surface area contributed by atoms with Crippen molar-refractivity contribution >= 4 is 5.91 Å². The lowest BCUT2D eigenvalue weighted by atomic mass is 9.78. The molecule has 0 aromatic carbocycles. The molecule has 1 saturated heterocycles. The highest BCUT2D eigenvalue weighted by Crippen LogP contribution is 2.51. The van der Waals surface area contributed by atoms with Crippen LogP contribution in [0.25, 0.3) is 0 Å². The van der Waals surface area contributed by atoms with Crippen LogP contribution in [0.15, 0.2) is 0 Å². The van der Waals surface area contributed by atoms with Gasteiger partial charge in [-0.15, -0.1) is 0 Å². The first-order chi connectivity index (χ1) is 5.77. The lowest BCUT2D eigenvalue weighted by Gasteiger charge is -2.26. The molecule has 68 valence electrons. The van der Waals surface area contributed by atoms with E-state index in [1.54, 1.807) is 0 Å². The molecule has 1 atom stereocenters. The van der Waals surface area contributed by atoms with E-state index in [2.05, 4.69) is 12.2 Å². The highest BCUT2D eigenvalue weighted by atomic mass is 16.1. The average Bonchev–Trinajstić information content (AvgIpc) is 2.80. The zero-order chi connectivity index (χ0) is 8.60. The third-order valence-electron chi connectivity index (χ3n) is 3.34. The number of amides is 1. The fraction of sp³-hybridized carbons (Fsp3) is 0.900. The third kappa shape index (κ3) is 1.23. The Balaban J connectivity index is 2.06. The fourth-order valence-electron chi connectivity index (χ4n) is 2.58. The van der Waals surface area contributed by atoms with Gasteiger partial charge in [-0.05, 0) is 30.6 Å². The molecule has 0 radical (unpaired) electrons. The van der Waals surface area contributed by atoms with Crippen LogP contribution >= 0.6 is 0 Å². The Morgan fingerprint density at radius 1 is 1.58 bits per heavy atom. The molecular formula is C10H17NO. The van der Waals surface area contributed by atoms with Crippen LogP contribution in [0.3, 0.4) is 0 Å². The van der Waals surface area contributed by atoms with Gasteiger partial charge in [-0.3, -0.25) is 4.79 Å². The first-order valence-corrected chi connectivity index (χ1v) is 5.03. The van der Waals surface area contributed by atoms with Crippen LogP contribution in [-0.2, 0) is 4.79 Å². The van der Waals surface area contributed by atoms with E-state index in [1.807, 2.05) is 0 Å². The van der Waals surface area contributed by atoms with E-state index < -0.39 is 0 Å². The highest BCUT2D eigenvalue weighted by molar-refractivity contribution is 5.79. The third-order valence-corrected chi connectivity index (χ3v) is 3.34. The zero-order valence-electron chi connectivity index (χ0n) is 7.73. The average molecular weight is 167 g/mol. The number of carbonyl (C=O) groups excluding carboxylic acids is 1. The molecule has 1 saturated carbocycles. The molecule has 1 unspecified atom stereocenters. The Kier molecular flexibility index (Phi) is 1.85. The lowest BCUT2D eigenvalue weighted by Crippen LogP contribution is -2.26. The maximum atomic E-state index is 11.2. The zero-order valence-corrected chi connectivity index (χ0v) is 7.73. The van der Waals surface area contributed by atoms with Gasteiger partial charge in [-0.1, -0.05) is 13.3 Å². The van der Waals surface area contributed by atoms with E-state index in [0.29, 0.717) is 5.41 Å². The summed E-state index contributed by atoms with van der Waals surface area (Å²) in [7, 11) is 0. The van der Waals surface area contributed by atoms with Crippen molar-refractivity contribution in [2.75, 3.05) is 6.54 Å². The van der Waals surface area contributed by atoms with Crippen molar-refractivity contribution in [1.29, 1.82) is 0 Å². The van der Waals surface area contributed by atoms with Crippen molar-refractivity contribution in [2.45, 2.75) is 39.0 Å². The first kappa shape index (κ1) is 8.09. The van der Waals surface area contributed by atoms with Crippen molar-refractivity contribution in [3.8, 4) is 0 Å². The van der Waals surface area contributed by atoms with E-state index in [9.17, 15) is 4.79 Å². The molecular weight excluding hydrogens is 150 g/mol. The summed E-state index contributed by atoms with van der Waals surface area (Å²) in [6, 6.07) is 0. The van der Waals surface area contributed by atoms with Crippen LogP contribution in [0.5, 0.6) is 0 Å². The fourth-order valence-corrected chi connectivity index (χ4v) is 2.58. The van der Waals surface area contributed by atoms with Crippen molar-refractivity contribution in [3.05, 3.63) is 0 Å². The number of rotatable bonds is 3. The number of nitrogens with one attached hydrogen (secondary N) is 1. The summed E-state index contributed by atoms with van der Waals surface area (Å²) in [5.74, 6) is 1.13. The molecule has 1 aliphatic carbocycles. The Morgan fingerprint density at radius 2 is 2.33 bits per heavy atom. The molecule has 0 bridgehead atoms. The standard InChI is InChI=1S/C10H17NO/c1-2-5-10(8-3-4-8)6-9(12)11-7-10/h8H,2-7H2,1H3,(H,11,12). The highest BCUT2D eigenvalue weighted by Gasteiger charge is 2.48. The van der Waals surface area contributed by atoms with Gasteiger partial charge in [0.15, 0.2) is 0 Å². The van der Waals surface area contributed by atoms with Crippen LogP contribution in [0.4, 0.5) is 0 Å². The van der Waals surface area contributed by atoms with Gasteiger partial charge in [0.05, 0.1) is 0 Å². The van der Waals surface area contributed by atoms with Crippen molar-refractivity contribution in [2.24, 2.45) is 11.3 Å². The van der Waals surface area contributed by atoms with E-state index in [0.717, 1.165) is 18.9 Å². The largest absolute Gasteiger partial charge is 0.356 e. The SMILES string of the molecule is CCCC1(C2CC2)CNC(=O)C1. The second kappa shape index (κ2) is 2.75. The smallest absolute Gasteiger partial charge is 0.220 e. The summed E-state index contributed by atoms with van der Waals surface area (Å²) in [5, 5.41) is 2.98. The van der Waals surface area contributed by atoms with Crippen LogP contribution in [0, 0.1) is 11.3 Å². The summed E-state index contributed by atoms with van der Waals surface area (Å²) in [6.45, 7) is 3.16. The maximum absolute atomic E-state index is 11.2. The summed E-state index contributed by atoms with van der Waals surface area (Å²) in [6.07, 6.45) is 5.96. The van der Waals surface area contributed by atoms with Gasteiger partial charge >= 0.3 is 0 Å². The van der Waals surface area contributed by atoms with E-state index >= 15 is 0 Å². The van der Waals surface area contributed by atoms with Crippen molar-refractivity contribution in [1.82, 2.24) is 5.32 Å². The summed E-state index contributed by atoms with van der Waals surface area (Å²) in [5.41, 5.74) is 0.367. The van der Waals surface area contributed by atoms with E-state index in [4.69, 9.17) is 0 Å². The van der Waals surface area contributed by atoms with Gasteiger partial charge in [0, 0.05) is 13.0 Å². The summed E-state index contributed by atoms with van der Waals surface area (Å²) in [4.78, 5) is 11.2. The summed E-state index contributed by atoms with van der Waals surface area (Å²) < 4.78 is 0. The lowest BCUT2D eigenvalue weighted by molar-refractivity contribution is -0.119. The topological polar surface area (TPSA) is 29.1 Å². The Morgan fingerprint density at radius 3 is 2.75 bits per heavy atom. The van der Waals surface area contributed by atoms with Crippen LogP contribution in [0.2, 0.25) is 0 Å². The minimum absolute atomic E-state index is 0.273. The molecule has 2 aliphatic rings. The van der Waals surface area contributed by atoms with Gasteiger partial charge in [-0.25, -0.2) is 0 Å². The summed E-state index contributed by atoms with van der Waals surface area (Å²) >= 11 is 0. The van der Waals surface area contributed by atoms with Gasteiger partial charge in [0.2, 0.25) is 5.91 Å². The molecule has 0 aromatic rings. The first-order valence-electron chi connectivity index (χ1n) is 5.03. The Bertz CT molecular complexity index is 198. The molecule has 1 aliphatic heterocycles. The van der Waals surface area contributed by atoms with Crippen molar-refractivity contribution < 1.29 is 4.79 Å². The van der Waals surface area contributed by atoms with Gasteiger partial charge < -0.3 is 5.32 Å². The molecule has 1 N–H and O–H groups in total. The number of carbonyl (C=O) groups is 1. The van der Waals surface area contributed by atoms with Crippen LogP contribution in [0.1, 0.15) is 39.0 Å². The van der Waals surface area contributed by atoms with Gasteiger partial charge in [0.1, 0.15) is 0 Å². The predicted octanol–water partition coefficient (Wildman–Crippen LogP) is 1.70. The van der Waals surface area contributed by atoms with Gasteiger partial charge in [-0.2, -0.15) is 0 Å². The molecule has 0 aromatic heterocycles. The molecule has 2 nitrogen and oxygen atoms in total. The number of hydrogen-bond acceptors (Lipinski definition) is 1. The van der Waals surface area contributed by atoms with Crippen LogP contribution < -0.4 is 5.32 Å². The maximum Gasteiger partial charge on any atom is 0.220 e. The van der Waals surface area contributed by atoms with E-state index in [1.165, 1.54) is 25.7 Å². The second-order valence-electron chi connectivity index (χ2n) is 4.34. The predicted molar refractivity (Wildman–Crippen MR) is 47.7 cm³/mol. The quantitative estimate of drug-likeness (QED) is 0.681. The molecule has 0 spiro atoms. The normalized spacial score (nSPS) is 35.2. The number of hydrogen-bond donors (Lipinski definition) is 1. The minimum Gasteiger partial charge on any atom is -0.356 e. The molecule has 2 fully saturated rings. The molecule has 2 rings (SSSR count). The molecule has 1 amide bonds. The molecule has 2 heteroatoms. The van der Waals surface area contributed by atoms with E-state index in [-0.39, 0.29) is 5.91 Å².